The molecule has 1 heterocycles. The van der Waals surface area contributed by atoms with Gasteiger partial charge in [-0.15, -0.1) is 24.8 Å². The summed E-state index contributed by atoms with van der Waals surface area (Å²) in [6.45, 7) is 3.55. The minimum atomic E-state index is -0.433. The number of nitro benzene ring substituents is 1. The van der Waals surface area contributed by atoms with Crippen LogP contribution in [0.2, 0.25) is 0 Å². The first-order valence-electron chi connectivity index (χ1n) is 8.10. The van der Waals surface area contributed by atoms with Gasteiger partial charge in [-0.3, -0.25) is 15.0 Å². The molecule has 1 aliphatic heterocycles. The minimum Gasteiger partial charge on any atom is -0.504 e. The van der Waals surface area contributed by atoms with Gasteiger partial charge >= 0.3 is 0 Å². The highest BCUT2D eigenvalue weighted by molar-refractivity contribution is 5.85. The molecular weight excluding hydrogens is 369 g/mol. The van der Waals surface area contributed by atoms with E-state index in [1.165, 1.54) is 32.1 Å². The molecule has 0 unspecified atom stereocenters. The molecule has 0 bridgehead atoms. The van der Waals surface area contributed by atoms with E-state index < -0.39 is 4.92 Å². The van der Waals surface area contributed by atoms with Gasteiger partial charge in [-0.1, -0.05) is 12.8 Å². The first kappa shape index (κ1) is 21.8. The summed E-state index contributed by atoms with van der Waals surface area (Å²) in [5, 5.41) is 25.1. The maximum atomic E-state index is 11.2. The number of rotatable bonds is 6. The van der Waals surface area contributed by atoms with Crippen LogP contribution in [0.15, 0.2) is 12.1 Å². The van der Waals surface area contributed by atoms with Crippen LogP contribution in [0.4, 0.5) is 5.69 Å². The Balaban J connectivity index is 0.00000156. The van der Waals surface area contributed by atoms with Gasteiger partial charge in [-0.05, 0) is 12.3 Å². The first-order chi connectivity index (χ1) is 11.1. The molecule has 2 fully saturated rings. The molecule has 1 aromatic rings. The summed E-state index contributed by atoms with van der Waals surface area (Å²) < 4.78 is 5.15. The van der Waals surface area contributed by atoms with E-state index in [2.05, 4.69) is 10.2 Å². The van der Waals surface area contributed by atoms with Gasteiger partial charge in [0.2, 0.25) is 0 Å². The molecular formula is C16H25Cl2N3O4. The van der Waals surface area contributed by atoms with Crippen molar-refractivity contribution in [1.29, 1.82) is 0 Å². The Hall–Kier alpha value is -1.28. The monoisotopic (exact) mass is 393 g/mol. The summed E-state index contributed by atoms with van der Waals surface area (Å²) in [4.78, 5) is 13.1. The molecule has 25 heavy (non-hydrogen) atoms. The SMILES string of the molecule is COc1cc([N+](=O)[O-])cc([C@H](CC2CC2)N2CCNCC2)c1O.Cl.Cl. The number of methoxy groups -OCH3 is 1. The topological polar surface area (TPSA) is 87.9 Å². The van der Waals surface area contributed by atoms with E-state index in [9.17, 15) is 15.2 Å². The standard InChI is InChI=1S/C16H23N3O4.2ClH/c1-23-15-10-12(19(21)22)9-13(16(15)20)14(8-11-2-3-11)18-6-4-17-5-7-18;;/h9-11,14,17,20H,2-8H2,1H3;2*1H/t14-;;/m0../s1. The zero-order valence-corrected chi connectivity index (χ0v) is 15.8. The highest BCUT2D eigenvalue weighted by atomic mass is 35.5. The quantitative estimate of drug-likeness (QED) is 0.570. The largest absolute Gasteiger partial charge is 0.504 e. The van der Waals surface area contributed by atoms with Crippen LogP contribution in [0.3, 0.4) is 0 Å². The number of ether oxygens (including phenoxy) is 1. The summed E-state index contributed by atoms with van der Waals surface area (Å²) in [7, 11) is 1.42. The van der Waals surface area contributed by atoms with Crippen molar-refractivity contribution in [2.75, 3.05) is 33.3 Å². The first-order valence-corrected chi connectivity index (χ1v) is 8.10. The third-order valence-corrected chi connectivity index (χ3v) is 4.72. The van der Waals surface area contributed by atoms with E-state index in [0.717, 1.165) is 32.6 Å². The van der Waals surface area contributed by atoms with E-state index >= 15 is 0 Å². The highest BCUT2D eigenvalue weighted by Crippen LogP contribution is 2.45. The van der Waals surface area contributed by atoms with E-state index in [1.807, 2.05) is 0 Å². The Kier molecular flexibility index (Phi) is 8.21. The van der Waals surface area contributed by atoms with Crippen LogP contribution in [-0.4, -0.2) is 48.2 Å². The molecule has 1 saturated heterocycles. The van der Waals surface area contributed by atoms with Crippen LogP contribution in [0, 0.1) is 16.0 Å². The average Bonchev–Trinajstić information content (AvgIpc) is 3.38. The van der Waals surface area contributed by atoms with Crippen LogP contribution < -0.4 is 10.1 Å². The Labute approximate surface area is 159 Å². The second kappa shape index (κ2) is 9.43. The lowest BCUT2D eigenvalue weighted by atomic mass is 9.96. The molecule has 1 aromatic carbocycles. The number of non-ortho nitro benzene ring substituents is 1. The number of aromatic hydroxyl groups is 1. The van der Waals surface area contributed by atoms with Gasteiger partial charge in [0.1, 0.15) is 0 Å². The number of phenolic OH excluding ortho intramolecular Hbond substituents is 1. The van der Waals surface area contributed by atoms with Crippen molar-refractivity contribution >= 4 is 30.5 Å². The van der Waals surface area contributed by atoms with Crippen LogP contribution in [0.25, 0.3) is 0 Å². The molecule has 7 nitrogen and oxygen atoms in total. The number of hydrogen-bond acceptors (Lipinski definition) is 6. The van der Waals surface area contributed by atoms with Gasteiger partial charge in [0.05, 0.1) is 18.1 Å². The second-order valence-corrected chi connectivity index (χ2v) is 6.32. The van der Waals surface area contributed by atoms with Gasteiger partial charge in [0, 0.05) is 43.9 Å². The van der Waals surface area contributed by atoms with Crippen LogP contribution in [0.1, 0.15) is 30.9 Å². The smallest absolute Gasteiger partial charge is 0.273 e. The zero-order chi connectivity index (χ0) is 16.4. The lowest BCUT2D eigenvalue weighted by molar-refractivity contribution is -0.385. The predicted molar refractivity (Wildman–Crippen MR) is 100 cm³/mol. The molecule has 2 aliphatic rings. The number of benzene rings is 1. The molecule has 3 rings (SSSR count). The van der Waals surface area contributed by atoms with Gasteiger partial charge in [0.15, 0.2) is 11.5 Å². The van der Waals surface area contributed by atoms with Crippen molar-refractivity contribution in [1.82, 2.24) is 10.2 Å². The lowest BCUT2D eigenvalue weighted by Gasteiger charge is -2.35. The van der Waals surface area contributed by atoms with E-state index in [1.54, 1.807) is 0 Å². The van der Waals surface area contributed by atoms with Crippen molar-refractivity contribution in [3.63, 3.8) is 0 Å². The fraction of sp³-hybridized carbons (Fsp3) is 0.625. The molecule has 142 valence electrons. The van der Waals surface area contributed by atoms with Crippen molar-refractivity contribution in [2.24, 2.45) is 5.92 Å². The van der Waals surface area contributed by atoms with E-state index in [0.29, 0.717) is 11.5 Å². The molecule has 0 amide bonds. The van der Waals surface area contributed by atoms with Gasteiger partial charge in [-0.25, -0.2) is 0 Å². The summed E-state index contributed by atoms with van der Waals surface area (Å²) in [5.74, 6) is 0.854. The normalized spacial score (nSPS) is 18.6. The highest BCUT2D eigenvalue weighted by Gasteiger charge is 2.33. The maximum absolute atomic E-state index is 11.2. The number of hydrogen-bond donors (Lipinski definition) is 2. The number of halogens is 2. The van der Waals surface area contributed by atoms with Crippen LogP contribution >= 0.6 is 24.8 Å². The summed E-state index contributed by atoms with van der Waals surface area (Å²) >= 11 is 0. The van der Waals surface area contributed by atoms with Gasteiger partial charge in [-0.2, -0.15) is 0 Å². The number of piperazine rings is 1. The molecule has 0 radical (unpaired) electrons. The molecule has 9 heteroatoms. The van der Waals surface area contributed by atoms with Crippen molar-refractivity contribution in [3.05, 3.63) is 27.8 Å². The molecule has 2 N–H and O–H groups in total. The third-order valence-electron chi connectivity index (χ3n) is 4.72. The fourth-order valence-corrected chi connectivity index (χ4v) is 3.27. The van der Waals surface area contributed by atoms with E-state index in [4.69, 9.17) is 4.74 Å². The van der Waals surface area contributed by atoms with E-state index in [-0.39, 0.29) is 48.0 Å². The third kappa shape index (κ3) is 5.10. The summed E-state index contributed by atoms with van der Waals surface area (Å²) in [5.41, 5.74) is 0.579. The van der Waals surface area contributed by atoms with Crippen molar-refractivity contribution in [3.8, 4) is 11.5 Å². The molecule has 1 aliphatic carbocycles. The van der Waals surface area contributed by atoms with Gasteiger partial charge in [0.25, 0.3) is 5.69 Å². The van der Waals surface area contributed by atoms with Crippen molar-refractivity contribution in [2.45, 2.75) is 25.3 Å². The molecule has 0 aromatic heterocycles. The lowest BCUT2D eigenvalue weighted by Crippen LogP contribution is -2.45. The Morgan fingerprint density at radius 2 is 2.00 bits per heavy atom. The summed E-state index contributed by atoms with van der Waals surface area (Å²) in [6, 6.07) is 2.79. The molecule has 0 spiro atoms. The zero-order valence-electron chi connectivity index (χ0n) is 14.1. The predicted octanol–water partition coefficient (Wildman–Crippen LogP) is 2.90. The number of phenols is 1. The minimum absolute atomic E-state index is 0. The van der Waals surface area contributed by atoms with Crippen LogP contribution in [0.5, 0.6) is 11.5 Å². The number of nitrogens with zero attached hydrogens (tertiary/aromatic N) is 2. The van der Waals surface area contributed by atoms with Crippen molar-refractivity contribution < 1.29 is 14.8 Å². The summed E-state index contributed by atoms with van der Waals surface area (Å²) in [6.07, 6.45) is 3.34. The van der Waals surface area contributed by atoms with Crippen LogP contribution in [-0.2, 0) is 0 Å². The maximum Gasteiger partial charge on any atom is 0.273 e. The molecule has 1 saturated carbocycles. The second-order valence-electron chi connectivity index (χ2n) is 6.32. The van der Waals surface area contributed by atoms with Gasteiger partial charge < -0.3 is 15.2 Å². The average molecular weight is 394 g/mol. The fourth-order valence-electron chi connectivity index (χ4n) is 3.27. The molecule has 1 atom stereocenters. The Morgan fingerprint density at radius 3 is 2.52 bits per heavy atom. The Morgan fingerprint density at radius 1 is 1.36 bits per heavy atom. The Bertz CT molecular complexity index is 593. The number of nitrogens with one attached hydrogen (secondary N) is 1. The number of nitro groups is 1.